The van der Waals surface area contributed by atoms with E-state index in [4.69, 9.17) is 13.9 Å². The molecule has 0 radical (unpaired) electrons. The summed E-state index contributed by atoms with van der Waals surface area (Å²) in [5.41, 5.74) is 0. The fourth-order valence-electron chi connectivity index (χ4n) is 2.45. The minimum Gasteiger partial charge on any atom is -0.416 e. The lowest BCUT2D eigenvalue weighted by Gasteiger charge is -2.25. The quantitative estimate of drug-likeness (QED) is 0.484. The zero-order chi connectivity index (χ0) is 16.6. The Morgan fingerprint density at radius 2 is 1.41 bits per heavy atom. The summed E-state index contributed by atoms with van der Waals surface area (Å²) in [5, 5.41) is 2.89. The molecule has 0 aliphatic rings. The fraction of sp³-hybridized carbons (Fsp3) is 0.647. The van der Waals surface area contributed by atoms with Gasteiger partial charge in [0.05, 0.1) is 21.3 Å². The van der Waals surface area contributed by atoms with E-state index in [1.165, 1.54) is 16.4 Å². The van der Waals surface area contributed by atoms with Crippen LogP contribution in [0.3, 0.4) is 0 Å². The molecule has 0 saturated carbocycles. The predicted octanol–water partition coefficient (Wildman–Crippen LogP) is 2.71. The van der Waals surface area contributed by atoms with Gasteiger partial charge in [0.2, 0.25) is 8.32 Å². The molecule has 3 nitrogen and oxygen atoms in total. The molecule has 1 rings (SSSR count). The van der Waals surface area contributed by atoms with Crippen molar-refractivity contribution >= 4 is 26.8 Å². The van der Waals surface area contributed by atoms with Crippen molar-refractivity contribution in [1.82, 2.24) is 0 Å². The van der Waals surface area contributed by atoms with E-state index in [1.807, 2.05) is 7.11 Å². The number of benzene rings is 1. The first-order chi connectivity index (χ1) is 10.3. The Morgan fingerprint density at radius 3 is 1.95 bits per heavy atom. The van der Waals surface area contributed by atoms with Crippen LogP contribution in [0.15, 0.2) is 24.3 Å². The van der Waals surface area contributed by atoms with Gasteiger partial charge in [-0.05, 0) is 24.7 Å². The van der Waals surface area contributed by atoms with E-state index in [1.54, 1.807) is 7.11 Å². The highest BCUT2D eigenvalue weighted by atomic mass is 28.4. The van der Waals surface area contributed by atoms with Crippen molar-refractivity contribution in [2.45, 2.75) is 38.7 Å². The van der Waals surface area contributed by atoms with Crippen LogP contribution in [-0.2, 0) is 13.9 Å². The zero-order valence-electron chi connectivity index (χ0n) is 15.1. The zero-order valence-corrected chi connectivity index (χ0v) is 17.1. The lowest BCUT2D eigenvalue weighted by Crippen LogP contribution is -2.46. The highest BCUT2D eigenvalue weighted by Crippen LogP contribution is 2.13. The van der Waals surface area contributed by atoms with Gasteiger partial charge in [-0.2, -0.15) is 0 Å². The third kappa shape index (κ3) is 5.97. The van der Waals surface area contributed by atoms with Crippen LogP contribution in [0, 0.1) is 0 Å². The molecule has 0 amide bonds. The van der Waals surface area contributed by atoms with E-state index >= 15 is 0 Å². The van der Waals surface area contributed by atoms with Crippen molar-refractivity contribution in [3.05, 3.63) is 24.3 Å². The molecule has 0 atom stereocenters. The summed E-state index contributed by atoms with van der Waals surface area (Å²) in [5.74, 6) is 0. The van der Waals surface area contributed by atoms with Crippen LogP contribution < -0.4 is 10.4 Å². The van der Waals surface area contributed by atoms with Crippen LogP contribution in [0.4, 0.5) is 0 Å². The van der Waals surface area contributed by atoms with E-state index in [9.17, 15) is 0 Å². The molecule has 0 spiro atoms. The normalized spacial score (nSPS) is 12.6. The maximum atomic E-state index is 5.68. The lowest BCUT2D eigenvalue weighted by atomic mass is 10.4. The standard InChI is InChI=1S/C17H32O3Si2/c1-18-13-14-20-12-7-15-21(3,4)16-8-10-17(11-9-16)22(5,6)19-2/h8-11H,7,12-15H2,1-6H3. The number of hydrogen-bond donors (Lipinski definition) is 0. The highest BCUT2D eigenvalue weighted by Gasteiger charge is 2.26. The van der Waals surface area contributed by atoms with Crippen molar-refractivity contribution < 1.29 is 13.9 Å². The first-order valence-electron chi connectivity index (χ1n) is 8.06. The largest absolute Gasteiger partial charge is 0.416 e. The van der Waals surface area contributed by atoms with Crippen molar-refractivity contribution in [2.75, 3.05) is 34.0 Å². The molecule has 0 N–H and O–H groups in total. The Hall–Kier alpha value is -0.466. The third-order valence-electron chi connectivity index (χ3n) is 4.39. The lowest BCUT2D eigenvalue weighted by molar-refractivity contribution is 0.0709. The van der Waals surface area contributed by atoms with Crippen molar-refractivity contribution in [2.24, 2.45) is 0 Å². The molecular formula is C17H32O3Si2. The summed E-state index contributed by atoms with van der Waals surface area (Å²) in [7, 11) is 0.454. The van der Waals surface area contributed by atoms with Gasteiger partial charge in [-0.15, -0.1) is 0 Å². The summed E-state index contributed by atoms with van der Waals surface area (Å²) >= 11 is 0. The molecule has 0 unspecified atom stereocenters. The SMILES string of the molecule is COCCOCCC[Si](C)(C)c1ccc([Si](C)(C)OC)cc1. The first-order valence-corrected chi connectivity index (χ1v) is 14.2. The van der Waals surface area contributed by atoms with E-state index in [0.717, 1.165) is 13.0 Å². The van der Waals surface area contributed by atoms with E-state index in [-0.39, 0.29) is 0 Å². The van der Waals surface area contributed by atoms with Gasteiger partial charge in [0.25, 0.3) is 0 Å². The van der Waals surface area contributed by atoms with Gasteiger partial charge in [0.1, 0.15) is 0 Å². The molecule has 0 saturated heterocycles. The minimum atomic E-state index is -1.70. The van der Waals surface area contributed by atoms with Gasteiger partial charge >= 0.3 is 0 Å². The van der Waals surface area contributed by atoms with Crippen LogP contribution in [0.5, 0.6) is 0 Å². The Bertz CT molecular complexity index is 430. The van der Waals surface area contributed by atoms with Gasteiger partial charge in [-0.3, -0.25) is 0 Å². The molecule has 0 aliphatic heterocycles. The van der Waals surface area contributed by atoms with Gasteiger partial charge < -0.3 is 13.9 Å². The molecule has 0 heterocycles. The number of methoxy groups -OCH3 is 1. The summed E-state index contributed by atoms with van der Waals surface area (Å²) in [4.78, 5) is 0. The number of hydrogen-bond acceptors (Lipinski definition) is 3. The molecule has 22 heavy (non-hydrogen) atoms. The van der Waals surface area contributed by atoms with Gasteiger partial charge in [-0.25, -0.2) is 0 Å². The van der Waals surface area contributed by atoms with Crippen LogP contribution in [0.25, 0.3) is 0 Å². The second kappa shape index (κ2) is 8.98. The highest BCUT2D eigenvalue weighted by molar-refractivity contribution is 6.90. The first kappa shape index (κ1) is 19.6. The predicted molar refractivity (Wildman–Crippen MR) is 99.8 cm³/mol. The van der Waals surface area contributed by atoms with Gasteiger partial charge in [0.15, 0.2) is 0 Å². The Morgan fingerprint density at radius 1 is 0.818 bits per heavy atom. The minimum absolute atomic E-state index is 0.682. The molecule has 5 heteroatoms. The second-order valence-electron chi connectivity index (χ2n) is 6.88. The van der Waals surface area contributed by atoms with Gasteiger partial charge in [0, 0.05) is 20.8 Å². The van der Waals surface area contributed by atoms with Crippen LogP contribution in [0.2, 0.25) is 32.2 Å². The van der Waals surface area contributed by atoms with Crippen LogP contribution >= 0.6 is 0 Å². The van der Waals surface area contributed by atoms with Crippen molar-refractivity contribution in [3.63, 3.8) is 0 Å². The summed E-state index contributed by atoms with van der Waals surface area (Å²) in [6.07, 6.45) is 1.13. The second-order valence-corrected chi connectivity index (χ2v) is 15.7. The van der Waals surface area contributed by atoms with Crippen molar-refractivity contribution in [3.8, 4) is 0 Å². The maximum Gasteiger partial charge on any atom is 0.217 e. The summed E-state index contributed by atoms with van der Waals surface area (Å²) < 4.78 is 16.2. The molecule has 0 aliphatic carbocycles. The molecule has 0 fully saturated rings. The Labute approximate surface area is 138 Å². The Balaban J connectivity index is 2.54. The number of rotatable bonds is 10. The molecule has 0 bridgehead atoms. The average molecular weight is 341 g/mol. The van der Waals surface area contributed by atoms with Gasteiger partial charge in [-0.1, -0.05) is 48.6 Å². The van der Waals surface area contributed by atoms with Crippen molar-refractivity contribution in [1.29, 1.82) is 0 Å². The molecule has 1 aromatic rings. The summed E-state index contributed by atoms with van der Waals surface area (Å²) in [6, 6.07) is 10.4. The van der Waals surface area contributed by atoms with Crippen LogP contribution in [-0.4, -0.2) is 50.4 Å². The molecule has 1 aromatic carbocycles. The third-order valence-corrected chi connectivity index (χ3v) is 10.6. The van der Waals surface area contributed by atoms with E-state index in [2.05, 4.69) is 50.5 Å². The number of ether oxygens (including phenoxy) is 2. The smallest absolute Gasteiger partial charge is 0.217 e. The van der Waals surface area contributed by atoms with Crippen LogP contribution in [0.1, 0.15) is 6.42 Å². The van der Waals surface area contributed by atoms with E-state index in [0.29, 0.717) is 13.2 Å². The summed E-state index contributed by atoms with van der Waals surface area (Å²) in [6.45, 7) is 11.6. The molecule has 126 valence electrons. The topological polar surface area (TPSA) is 27.7 Å². The monoisotopic (exact) mass is 340 g/mol. The molecular weight excluding hydrogens is 308 g/mol. The average Bonchev–Trinajstić information content (AvgIpc) is 2.51. The van der Waals surface area contributed by atoms with E-state index < -0.39 is 16.4 Å². The fourth-order valence-corrected chi connectivity index (χ4v) is 6.04. The Kier molecular flexibility index (Phi) is 7.99. The maximum absolute atomic E-state index is 5.68. The molecule has 0 aromatic heterocycles.